The molecule has 0 saturated carbocycles. The van der Waals surface area contributed by atoms with E-state index in [9.17, 15) is 9.59 Å². The number of guanidine groups is 1. The zero-order valence-corrected chi connectivity index (χ0v) is 11.4. The van der Waals surface area contributed by atoms with E-state index >= 15 is 0 Å². The van der Waals surface area contributed by atoms with E-state index in [-0.39, 0.29) is 17.1 Å². The van der Waals surface area contributed by atoms with Crippen molar-refractivity contribution in [2.75, 3.05) is 0 Å². The smallest absolute Gasteiger partial charge is 0.343 e. The Bertz CT molecular complexity index is 717. The van der Waals surface area contributed by atoms with Crippen LogP contribution in [0.25, 0.3) is 0 Å². The van der Waals surface area contributed by atoms with E-state index in [4.69, 9.17) is 21.3 Å². The van der Waals surface area contributed by atoms with Crippen LogP contribution in [0.5, 0.6) is 5.75 Å². The van der Waals surface area contributed by atoms with Gasteiger partial charge in [0, 0.05) is 0 Å². The minimum Gasteiger partial charge on any atom is -0.478 e. The third-order valence-corrected chi connectivity index (χ3v) is 2.67. The molecule has 0 amide bonds. The second-order valence-corrected chi connectivity index (χ2v) is 4.30. The van der Waals surface area contributed by atoms with Gasteiger partial charge in [-0.1, -0.05) is 0 Å². The van der Waals surface area contributed by atoms with Crippen molar-refractivity contribution in [3.05, 3.63) is 59.7 Å². The number of carbonyl (C=O) groups is 2. The summed E-state index contributed by atoms with van der Waals surface area (Å²) in [6.07, 6.45) is 0. The fourth-order valence-corrected chi connectivity index (χ4v) is 1.65. The molecule has 2 aromatic carbocycles. The van der Waals surface area contributed by atoms with Crippen LogP contribution in [0.15, 0.2) is 53.5 Å². The standard InChI is InChI=1S/C15H13N3O4/c16-15(17)18-11-5-7-12(8-6-11)22-14(21)10-3-1-9(2-4-10)13(19)20/h1-8H,(H,19,20)(H4,16,17,18). The molecular weight excluding hydrogens is 286 g/mol. The van der Waals surface area contributed by atoms with Crippen molar-refractivity contribution in [3.63, 3.8) is 0 Å². The first-order valence-corrected chi connectivity index (χ1v) is 6.21. The molecular formula is C15H13N3O4. The number of nitrogens with zero attached hydrogens (tertiary/aromatic N) is 1. The molecule has 0 spiro atoms. The molecule has 0 aliphatic rings. The maximum absolute atomic E-state index is 11.9. The van der Waals surface area contributed by atoms with Crippen LogP contribution in [0.2, 0.25) is 0 Å². The minimum atomic E-state index is -1.06. The summed E-state index contributed by atoms with van der Waals surface area (Å²) in [6.45, 7) is 0. The predicted octanol–water partition coefficient (Wildman–Crippen LogP) is 1.51. The molecule has 2 aromatic rings. The largest absolute Gasteiger partial charge is 0.478 e. The molecule has 0 aromatic heterocycles. The second kappa shape index (κ2) is 6.40. The Balaban J connectivity index is 2.08. The zero-order valence-electron chi connectivity index (χ0n) is 11.4. The quantitative estimate of drug-likeness (QED) is 0.340. The van der Waals surface area contributed by atoms with Gasteiger partial charge in [0.2, 0.25) is 0 Å². The number of aliphatic imine (C=N–C) groups is 1. The lowest BCUT2D eigenvalue weighted by Crippen LogP contribution is -2.21. The molecule has 0 aliphatic carbocycles. The van der Waals surface area contributed by atoms with Crippen molar-refractivity contribution in [2.24, 2.45) is 16.5 Å². The van der Waals surface area contributed by atoms with Gasteiger partial charge in [-0.15, -0.1) is 0 Å². The number of esters is 1. The summed E-state index contributed by atoms with van der Waals surface area (Å²) in [5.41, 5.74) is 11.4. The number of carboxylic acid groups (broad SMARTS) is 1. The molecule has 0 atom stereocenters. The molecule has 0 radical (unpaired) electrons. The molecule has 5 N–H and O–H groups in total. The van der Waals surface area contributed by atoms with E-state index in [1.54, 1.807) is 24.3 Å². The SMILES string of the molecule is NC(N)=Nc1ccc(OC(=O)c2ccc(C(=O)O)cc2)cc1. The highest BCUT2D eigenvalue weighted by Gasteiger charge is 2.10. The normalized spacial score (nSPS) is 9.82. The number of carboxylic acids is 1. The summed E-state index contributed by atoms with van der Waals surface area (Å²) in [6, 6.07) is 11.7. The Hall–Kier alpha value is -3.35. The van der Waals surface area contributed by atoms with E-state index in [1.807, 2.05) is 0 Å². The molecule has 22 heavy (non-hydrogen) atoms. The number of rotatable bonds is 4. The van der Waals surface area contributed by atoms with E-state index in [1.165, 1.54) is 24.3 Å². The lowest BCUT2D eigenvalue weighted by Gasteiger charge is -2.05. The van der Waals surface area contributed by atoms with Gasteiger partial charge in [-0.25, -0.2) is 14.6 Å². The number of benzene rings is 2. The molecule has 0 aliphatic heterocycles. The molecule has 0 unspecified atom stereocenters. The summed E-state index contributed by atoms with van der Waals surface area (Å²) < 4.78 is 5.16. The fraction of sp³-hybridized carbons (Fsp3) is 0. The van der Waals surface area contributed by atoms with Gasteiger partial charge in [0.05, 0.1) is 16.8 Å². The van der Waals surface area contributed by atoms with Gasteiger partial charge in [0.25, 0.3) is 0 Å². The van der Waals surface area contributed by atoms with Gasteiger partial charge in [0.15, 0.2) is 5.96 Å². The summed E-state index contributed by atoms with van der Waals surface area (Å²) in [5.74, 6) is -1.40. The van der Waals surface area contributed by atoms with Crippen molar-refractivity contribution in [3.8, 4) is 5.75 Å². The number of ether oxygens (including phenoxy) is 1. The van der Waals surface area contributed by atoms with E-state index in [0.29, 0.717) is 11.4 Å². The van der Waals surface area contributed by atoms with Crippen molar-refractivity contribution < 1.29 is 19.4 Å². The van der Waals surface area contributed by atoms with Gasteiger partial charge in [-0.3, -0.25) is 0 Å². The summed E-state index contributed by atoms with van der Waals surface area (Å²) in [7, 11) is 0. The zero-order chi connectivity index (χ0) is 16.1. The fourth-order valence-electron chi connectivity index (χ4n) is 1.65. The lowest BCUT2D eigenvalue weighted by molar-refractivity contribution is 0.0691. The Labute approximate surface area is 125 Å². The van der Waals surface area contributed by atoms with Crippen LogP contribution in [0.1, 0.15) is 20.7 Å². The Morgan fingerprint density at radius 3 is 1.95 bits per heavy atom. The number of aromatic carboxylic acids is 1. The maximum atomic E-state index is 11.9. The highest BCUT2D eigenvalue weighted by molar-refractivity contribution is 5.93. The molecule has 7 nitrogen and oxygen atoms in total. The van der Waals surface area contributed by atoms with E-state index in [2.05, 4.69) is 4.99 Å². The first kappa shape index (κ1) is 15.0. The third kappa shape index (κ3) is 3.83. The molecule has 7 heteroatoms. The average molecular weight is 299 g/mol. The van der Waals surface area contributed by atoms with Gasteiger partial charge in [-0.2, -0.15) is 0 Å². The van der Waals surface area contributed by atoms with Crippen molar-refractivity contribution in [1.82, 2.24) is 0 Å². The van der Waals surface area contributed by atoms with Gasteiger partial charge < -0.3 is 21.3 Å². The summed E-state index contributed by atoms with van der Waals surface area (Å²) in [4.78, 5) is 26.5. The van der Waals surface area contributed by atoms with Crippen molar-refractivity contribution >= 4 is 23.6 Å². The highest BCUT2D eigenvalue weighted by atomic mass is 16.5. The topological polar surface area (TPSA) is 128 Å². The number of hydrogen-bond donors (Lipinski definition) is 3. The van der Waals surface area contributed by atoms with Gasteiger partial charge in [-0.05, 0) is 48.5 Å². The highest BCUT2D eigenvalue weighted by Crippen LogP contribution is 2.19. The summed E-state index contributed by atoms with van der Waals surface area (Å²) in [5, 5.41) is 8.79. The molecule has 0 fully saturated rings. The molecule has 112 valence electrons. The molecule has 0 saturated heterocycles. The Morgan fingerprint density at radius 1 is 0.909 bits per heavy atom. The lowest BCUT2D eigenvalue weighted by atomic mass is 10.1. The van der Waals surface area contributed by atoms with Crippen molar-refractivity contribution in [1.29, 1.82) is 0 Å². The number of nitrogens with two attached hydrogens (primary N) is 2. The summed E-state index contributed by atoms with van der Waals surface area (Å²) >= 11 is 0. The Morgan fingerprint density at radius 2 is 1.45 bits per heavy atom. The van der Waals surface area contributed by atoms with Crippen LogP contribution in [0.3, 0.4) is 0 Å². The monoisotopic (exact) mass is 299 g/mol. The number of hydrogen-bond acceptors (Lipinski definition) is 4. The van der Waals surface area contributed by atoms with Crippen LogP contribution in [-0.2, 0) is 0 Å². The van der Waals surface area contributed by atoms with Crippen LogP contribution >= 0.6 is 0 Å². The van der Waals surface area contributed by atoms with E-state index in [0.717, 1.165) is 0 Å². The van der Waals surface area contributed by atoms with Crippen LogP contribution in [-0.4, -0.2) is 23.0 Å². The average Bonchev–Trinajstić information content (AvgIpc) is 2.49. The van der Waals surface area contributed by atoms with Crippen LogP contribution in [0.4, 0.5) is 5.69 Å². The Kier molecular flexibility index (Phi) is 4.38. The number of carbonyl (C=O) groups excluding carboxylic acids is 1. The van der Waals surface area contributed by atoms with Crippen LogP contribution < -0.4 is 16.2 Å². The maximum Gasteiger partial charge on any atom is 0.343 e. The molecule has 2 rings (SSSR count). The second-order valence-electron chi connectivity index (χ2n) is 4.30. The molecule has 0 heterocycles. The minimum absolute atomic E-state index is 0.0664. The van der Waals surface area contributed by atoms with Crippen molar-refractivity contribution in [2.45, 2.75) is 0 Å². The first-order valence-electron chi connectivity index (χ1n) is 6.21. The predicted molar refractivity (Wildman–Crippen MR) is 80.3 cm³/mol. The molecule has 0 bridgehead atoms. The van der Waals surface area contributed by atoms with E-state index < -0.39 is 11.9 Å². The van der Waals surface area contributed by atoms with Gasteiger partial charge >= 0.3 is 11.9 Å². The first-order chi connectivity index (χ1) is 10.5. The van der Waals surface area contributed by atoms with Gasteiger partial charge in [0.1, 0.15) is 5.75 Å². The third-order valence-electron chi connectivity index (χ3n) is 2.67. The van der Waals surface area contributed by atoms with Crippen LogP contribution in [0, 0.1) is 0 Å².